The number of aromatic nitrogens is 2. The number of hydrogen-bond acceptors (Lipinski definition) is 5. The number of aliphatic hydroxyl groups is 2. The molecule has 1 saturated heterocycles. The van der Waals surface area contributed by atoms with E-state index in [1.807, 2.05) is 0 Å². The lowest BCUT2D eigenvalue weighted by atomic mass is 9.83. The summed E-state index contributed by atoms with van der Waals surface area (Å²) in [5.74, 6) is 2.43. The highest BCUT2D eigenvalue weighted by molar-refractivity contribution is 5.16. The van der Waals surface area contributed by atoms with Crippen LogP contribution in [0, 0.1) is 24.7 Å². The highest BCUT2D eigenvalue weighted by atomic mass is 16.5. The van der Waals surface area contributed by atoms with Crippen molar-refractivity contribution < 1.29 is 14.9 Å². The minimum absolute atomic E-state index is 0.357. The number of H-pyrrole nitrogens is 1. The SMILES string of the molecule is C#C[C@@]1(C)C(O)[C@@H](CO)O[C@H]1n1c(C)cc(=O)[nH]c1=O. The molecule has 1 fully saturated rings. The van der Waals surface area contributed by atoms with Crippen LogP contribution in [0.4, 0.5) is 0 Å². The van der Waals surface area contributed by atoms with E-state index in [2.05, 4.69) is 10.9 Å². The van der Waals surface area contributed by atoms with Crippen molar-refractivity contribution in [3.63, 3.8) is 0 Å². The summed E-state index contributed by atoms with van der Waals surface area (Å²) in [6.07, 6.45) is 2.49. The molecule has 0 amide bonds. The number of aliphatic hydroxyl groups excluding tert-OH is 2. The molecule has 0 radical (unpaired) electrons. The van der Waals surface area contributed by atoms with Crippen molar-refractivity contribution in [3.8, 4) is 12.3 Å². The number of terminal acetylenes is 1. The maximum Gasteiger partial charge on any atom is 0.330 e. The van der Waals surface area contributed by atoms with E-state index in [4.69, 9.17) is 11.2 Å². The number of hydrogen-bond donors (Lipinski definition) is 3. The van der Waals surface area contributed by atoms with Crippen LogP contribution in [0.3, 0.4) is 0 Å². The van der Waals surface area contributed by atoms with Crippen LogP contribution in [0.15, 0.2) is 15.7 Å². The largest absolute Gasteiger partial charge is 0.394 e. The molecule has 3 N–H and O–H groups in total. The van der Waals surface area contributed by atoms with E-state index in [0.29, 0.717) is 5.69 Å². The molecule has 7 heteroatoms. The van der Waals surface area contributed by atoms with E-state index in [1.54, 1.807) is 13.8 Å². The predicted octanol–water partition coefficient (Wildman–Crippen LogP) is -1.26. The number of ether oxygens (including phenoxy) is 1. The molecule has 0 aromatic carbocycles. The van der Waals surface area contributed by atoms with Gasteiger partial charge in [-0.3, -0.25) is 14.3 Å². The number of nitrogens with zero attached hydrogens (tertiary/aromatic N) is 1. The van der Waals surface area contributed by atoms with Gasteiger partial charge in [-0.25, -0.2) is 4.79 Å². The fourth-order valence-electron chi connectivity index (χ4n) is 2.45. The zero-order valence-corrected chi connectivity index (χ0v) is 11.2. The topological polar surface area (TPSA) is 105 Å². The maximum atomic E-state index is 12.0. The summed E-state index contributed by atoms with van der Waals surface area (Å²) in [6, 6.07) is 1.24. The molecular weight excluding hydrogens is 264 g/mol. The molecule has 0 aliphatic carbocycles. The first-order valence-electron chi connectivity index (χ1n) is 6.09. The van der Waals surface area contributed by atoms with Crippen molar-refractivity contribution in [1.82, 2.24) is 9.55 Å². The zero-order valence-electron chi connectivity index (χ0n) is 11.2. The van der Waals surface area contributed by atoms with E-state index in [1.165, 1.54) is 10.6 Å². The quantitative estimate of drug-likeness (QED) is 0.586. The van der Waals surface area contributed by atoms with Crippen molar-refractivity contribution in [2.75, 3.05) is 6.61 Å². The predicted molar refractivity (Wildman–Crippen MR) is 70.0 cm³/mol. The monoisotopic (exact) mass is 280 g/mol. The minimum atomic E-state index is -1.19. The van der Waals surface area contributed by atoms with E-state index < -0.39 is 41.7 Å². The molecule has 20 heavy (non-hydrogen) atoms. The van der Waals surface area contributed by atoms with Crippen LogP contribution >= 0.6 is 0 Å². The summed E-state index contributed by atoms with van der Waals surface area (Å²) in [6.45, 7) is 2.71. The van der Waals surface area contributed by atoms with Crippen LogP contribution in [0.25, 0.3) is 0 Å². The Hall–Kier alpha value is -1.88. The highest BCUT2D eigenvalue weighted by Gasteiger charge is 2.53. The molecule has 7 nitrogen and oxygen atoms in total. The Labute approximate surface area is 114 Å². The molecule has 0 saturated carbocycles. The third-order valence-corrected chi connectivity index (χ3v) is 3.68. The van der Waals surface area contributed by atoms with Crippen molar-refractivity contribution >= 4 is 0 Å². The molecule has 1 unspecified atom stereocenters. The first-order chi connectivity index (χ1) is 9.35. The average molecular weight is 280 g/mol. The van der Waals surface area contributed by atoms with Crippen LogP contribution < -0.4 is 11.2 Å². The standard InChI is InChI=1S/C13H16N2O5/c1-4-13(3)10(18)8(6-16)20-11(13)15-7(2)5-9(17)14-12(15)19/h1,5,8,10-11,16,18H,6H2,2-3H3,(H,14,17,19)/t8-,10?,11-,13+/m1/s1. The number of aromatic amines is 1. The summed E-state index contributed by atoms with van der Waals surface area (Å²) < 4.78 is 6.70. The Morgan fingerprint density at radius 2 is 2.25 bits per heavy atom. The summed E-state index contributed by atoms with van der Waals surface area (Å²) in [4.78, 5) is 25.3. The molecule has 1 aromatic heterocycles. The Morgan fingerprint density at radius 3 is 2.75 bits per heavy atom. The molecule has 0 bridgehead atoms. The Kier molecular flexibility index (Phi) is 3.56. The van der Waals surface area contributed by atoms with Gasteiger partial charge in [0.25, 0.3) is 5.56 Å². The lowest BCUT2D eigenvalue weighted by Gasteiger charge is -2.28. The Bertz CT molecular complexity index is 671. The summed E-state index contributed by atoms with van der Waals surface area (Å²) in [5, 5.41) is 19.4. The molecule has 1 aliphatic rings. The van der Waals surface area contributed by atoms with Gasteiger partial charge in [-0.15, -0.1) is 6.42 Å². The third kappa shape index (κ3) is 1.98. The lowest BCUT2D eigenvalue weighted by Crippen LogP contribution is -2.41. The number of nitrogens with one attached hydrogen (secondary N) is 1. The maximum absolute atomic E-state index is 12.0. The van der Waals surface area contributed by atoms with Crippen molar-refractivity contribution in [2.45, 2.75) is 32.3 Å². The second-order valence-corrected chi connectivity index (χ2v) is 5.03. The van der Waals surface area contributed by atoms with E-state index in [-0.39, 0.29) is 0 Å². The van der Waals surface area contributed by atoms with Gasteiger partial charge >= 0.3 is 5.69 Å². The van der Waals surface area contributed by atoms with Gasteiger partial charge in [-0.1, -0.05) is 5.92 Å². The first kappa shape index (κ1) is 14.5. The highest BCUT2D eigenvalue weighted by Crippen LogP contribution is 2.44. The van der Waals surface area contributed by atoms with Gasteiger partial charge < -0.3 is 14.9 Å². The lowest BCUT2D eigenvalue weighted by molar-refractivity contribution is -0.0510. The first-order valence-corrected chi connectivity index (χ1v) is 6.09. The van der Waals surface area contributed by atoms with Gasteiger partial charge in [0.2, 0.25) is 0 Å². The summed E-state index contributed by atoms with van der Waals surface area (Å²) in [5.41, 5.74) is -2.04. The van der Waals surface area contributed by atoms with Crippen LogP contribution in [-0.4, -0.2) is 38.6 Å². The minimum Gasteiger partial charge on any atom is -0.394 e. The van der Waals surface area contributed by atoms with Gasteiger partial charge in [0.15, 0.2) is 6.23 Å². The fourth-order valence-corrected chi connectivity index (χ4v) is 2.45. The van der Waals surface area contributed by atoms with Gasteiger partial charge in [0, 0.05) is 11.8 Å². The van der Waals surface area contributed by atoms with Gasteiger partial charge in [0.1, 0.15) is 17.6 Å². The molecule has 2 heterocycles. The van der Waals surface area contributed by atoms with Crippen LogP contribution in [0.5, 0.6) is 0 Å². The van der Waals surface area contributed by atoms with E-state index >= 15 is 0 Å². The molecule has 1 aliphatic heterocycles. The van der Waals surface area contributed by atoms with Gasteiger partial charge in [0.05, 0.1) is 6.61 Å². The van der Waals surface area contributed by atoms with Crippen molar-refractivity contribution in [3.05, 3.63) is 32.6 Å². The normalized spacial score (nSPS) is 33.0. The van der Waals surface area contributed by atoms with Gasteiger partial charge in [-0.2, -0.15) is 0 Å². The second kappa shape index (κ2) is 4.90. The van der Waals surface area contributed by atoms with Crippen LogP contribution in [-0.2, 0) is 4.74 Å². The molecular formula is C13H16N2O5. The van der Waals surface area contributed by atoms with Gasteiger partial charge in [-0.05, 0) is 13.8 Å². The number of rotatable bonds is 2. The second-order valence-electron chi connectivity index (χ2n) is 5.03. The van der Waals surface area contributed by atoms with Crippen molar-refractivity contribution in [1.29, 1.82) is 0 Å². The van der Waals surface area contributed by atoms with E-state index in [9.17, 15) is 19.8 Å². The molecule has 108 valence electrons. The van der Waals surface area contributed by atoms with E-state index in [0.717, 1.165) is 0 Å². The number of aryl methyl sites for hydroxylation is 1. The summed E-state index contributed by atoms with van der Waals surface area (Å²) in [7, 11) is 0. The van der Waals surface area contributed by atoms with Crippen LogP contribution in [0.2, 0.25) is 0 Å². The summed E-state index contributed by atoms with van der Waals surface area (Å²) >= 11 is 0. The zero-order chi connectivity index (χ0) is 15.1. The van der Waals surface area contributed by atoms with Crippen molar-refractivity contribution in [2.24, 2.45) is 5.41 Å². The molecule has 4 atom stereocenters. The molecule has 0 spiro atoms. The average Bonchev–Trinajstić information content (AvgIpc) is 2.63. The molecule has 2 rings (SSSR count). The third-order valence-electron chi connectivity index (χ3n) is 3.68. The Morgan fingerprint density at radius 1 is 1.60 bits per heavy atom. The smallest absolute Gasteiger partial charge is 0.330 e. The molecule has 1 aromatic rings. The van der Waals surface area contributed by atoms with Crippen LogP contribution in [0.1, 0.15) is 18.8 Å². The fraction of sp³-hybridized carbons (Fsp3) is 0.538. The Balaban J connectivity index is 2.61.